The first-order chi connectivity index (χ1) is 15.9. The Kier molecular flexibility index (Phi) is 5.51. The van der Waals surface area contributed by atoms with E-state index < -0.39 is 16.1 Å². The van der Waals surface area contributed by atoms with Gasteiger partial charge in [-0.15, -0.1) is 0 Å². The predicted molar refractivity (Wildman–Crippen MR) is 123 cm³/mol. The molecule has 0 saturated heterocycles. The first-order valence-electron chi connectivity index (χ1n) is 10.2. The van der Waals surface area contributed by atoms with Crippen molar-refractivity contribution in [2.75, 3.05) is 23.3 Å². The van der Waals surface area contributed by atoms with Crippen molar-refractivity contribution in [1.29, 1.82) is 0 Å². The van der Waals surface area contributed by atoms with Gasteiger partial charge >= 0.3 is 0 Å². The summed E-state index contributed by atoms with van der Waals surface area (Å²) >= 11 is 5.99. The fourth-order valence-corrected chi connectivity index (χ4v) is 4.88. The second kappa shape index (κ2) is 8.49. The number of hydrogen-bond acceptors (Lipinski definition) is 6. The fraction of sp³-hybridized carbons (Fsp3) is 0.174. The molecule has 10 heteroatoms. The van der Waals surface area contributed by atoms with E-state index in [9.17, 15) is 13.2 Å². The van der Waals surface area contributed by atoms with Gasteiger partial charge in [-0.25, -0.2) is 8.42 Å². The lowest BCUT2D eigenvalue weighted by molar-refractivity contribution is -0.122. The lowest BCUT2D eigenvalue weighted by Gasteiger charge is -2.19. The van der Waals surface area contributed by atoms with Crippen molar-refractivity contribution in [3.05, 3.63) is 71.2 Å². The zero-order valence-corrected chi connectivity index (χ0v) is 18.8. The van der Waals surface area contributed by atoms with Gasteiger partial charge in [-0.1, -0.05) is 11.6 Å². The van der Waals surface area contributed by atoms with Gasteiger partial charge in [-0.05, 0) is 60.2 Å². The van der Waals surface area contributed by atoms with Crippen LogP contribution in [-0.4, -0.2) is 33.6 Å². The Bertz CT molecular complexity index is 1330. The number of hydrogen-bond donors (Lipinski definition) is 2. The van der Waals surface area contributed by atoms with Crippen LogP contribution in [0.5, 0.6) is 17.2 Å². The molecule has 0 fully saturated rings. The summed E-state index contributed by atoms with van der Waals surface area (Å²) in [5.41, 5.74) is 1.74. The van der Waals surface area contributed by atoms with Crippen LogP contribution in [0.25, 0.3) is 0 Å². The number of ether oxygens (including phenoxy) is 3. The Labute approximate surface area is 195 Å². The maximum absolute atomic E-state index is 12.8. The highest BCUT2D eigenvalue weighted by Gasteiger charge is 2.29. The van der Waals surface area contributed by atoms with Crippen molar-refractivity contribution in [2.45, 2.75) is 17.4 Å². The average Bonchev–Trinajstić information content (AvgIpc) is 3.23. The van der Waals surface area contributed by atoms with Gasteiger partial charge in [-0.2, -0.15) is 0 Å². The van der Waals surface area contributed by atoms with Crippen LogP contribution >= 0.6 is 11.6 Å². The van der Waals surface area contributed by atoms with Gasteiger partial charge < -0.3 is 19.5 Å². The maximum atomic E-state index is 12.8. The summed E-state index contributed by atoms with van der Waals surface area (Å²) in [6.07, 6.45) is -0.235. The molecule has 5 rings (SSSR count). The maximum Gasteiger partial charge on any atom is 0.265 e. The van der Waals surface area contributed by atoms with Gasteiger partial charge in [0.1, 0.15) is 19.0 Å². The highest BCUT2D eigenvalue weighted by atomic mass is 35.5. The first-order valence-corrected chi connectivity index (χ1v) is 12.0. The number of sulfonamides is 1. The van der Waals surface area contributed by atoms with Gasteiger partial charge in [-0.3, -0.25) is 9.52 Å². The Balaban J connectivity index is 1.23. The summed E-state index contributed by atoms with van der Waals surface area (Å²) in [6.45, 7) is 0.789. The highest BCUT2D eigenvalue weighted by Crippen LogP contribution is 2.33. The lowest BCUT2D eigenvalue weighted by Crippen LogP contribution is -2.31. The zero-order chi connectivity index (χ0) is 23.0. The fourth-order valence-electron chi connectivity index (χ4n) is 3.61. The molecule has 0 aliphatic carbocycles. The molecule has 3 aromatic carbocycles. The quantitative estimate of drug-likeness (QED) is 0.567. The van der Waals surface area contributed by atoms with Crippen LogP contribution in [0.1, 0.15) is 5.56 Å². The number of anilines is 2. The summed E-state index contributed by atoms with van der Waals surface area (Å²) in [6, 6.07) is 16.0. The molecule has 0 radical (unpaired) electrons. The van der Waals surface area contributed by atoms with E-state index >= 15 is 0 Å². The molecule has 170 valence electrons. The van der Waals surface area contributed by atoms with E-state index in [2.05, 4.69) is 10.0 Å². The van der Waals surface area contributed by atoms with Gasteiger partial charge in [0.2, 0.25) is 0 Å². The van der Waals surface area contributed by atoms with E-state index in [0.29, 0.717) is 53.3 Å². The molecular weight excluding hydrogens is 468 g/mol. The third-order valence-electron chi connectivity index (χ3n) is 5.22. The molecule has 33 heavy (non-hydrogen) atoms. The molecule has 8 nitrogen and oxygen atoms in total. The van der Waals surface area contributed by atoms with Gasteiger partial charge in [0.25, 0.3) is 15.9 Å². The Hall–Kier alpha value is -3.43. The van der Waals surface area contributed by atoms with Crippen LogP contribution in [-0.2, 0) is 21.2 Å². The smallest absolute Gasteiger partial charge is 0.265 e. The summed E-state index contributed by atoms with van der Waals surface area (Å²) in [5.74, 6) is 1.24. The molecule has 2 aliphatic heterocycles. The molecular formula is C23H19ClN2O6S. The van der Waals surface area contributed by atoms with Crippen LogP contribution in [0.2, 0.25) is 5.02 Å². The number of fused-ring (bicyclic) bond motifs is 2. The predicted octanol–water partition coefficient (Wildman–Crippen LogP) is 3.85. The van der Waals surface area contributed by atoms with Crippen molar-refractivity contribution in [2.24, 2.45) is 0 Å². The summed E-state index contributed by atoms with van der Waals surface area (Å²) < 4.78 is 44.6. The minimum Gasteiger partial charge on any atom is -0.486 e. The van der Waals surface area contributed by atoms with Gasteiger partial charge in [0.15, 0.2) is 17.6 Å². The number of carbonyl (C=O) groups is 1. The number of rotatable bonds is 5. The number of carbonyl (C=O) groups excluding carboxylic acids is 1. The zero-order valence-electron chi connectivity index (χ0n) is 17.2. The minimum absolute atomic E-state index is 0.0576. The van der Waals surface area contributed by atoms with E-state index in [4.69, 9.17) is 25.8 Å². The molecule has 2 N–H and O–H groups in total. The number of benzene rings is 3. The Morgan fingerprint density at radius 2 is 1.58 bits per heavy atom. The average molecular weight is 487 g/mol. The van der Waals surface area contributed by atoms with Crippen LogP contribution in [0.15, 0.2) is 65.6 Å². The van der Waals surface area contributed by atoms with E-state index in [1.165, 1.54) is 12.1 Å². The second-order valence-corrected chi connectivity index (χ2v) is 9.66. The third-order valence-corrected chi connectivity index (χ3v) is 6.83. The number of amides is 1. The van der Waals surface area contributed by atoms with E-state index in [1.807, 2.05) is 0 Å². The van der Waals surface area contributed by atoms with Crippen molar-refractivity contribution in [1.82, 2.24) is 0 Å². The molecule has 0 unspecified atom stereocenters. The van der Waals surface area contributed by atoms with Crippen LogP contribution in [0.3, 0.4) is 0 Å². The molecule has 0 spiro atoms. The second-order valence-electron chi connectivity index (χ2n) is 7.54. The number of nitrogens with one attached hydrogen (secondary N) is 2. The van der Waals surface area contributed by atoms with Crippen molar-refractivity contribution >= 4 is 38.9 Å². The Morgan fingerprint density at radius 3 is 2.36 bits per heavy atom. The summed E-state index contributed by atoms with van der Waals surface area (Å²) in [4.78, 5) is 12.6. The van der Waals surface area contributed by atoms with E-state index in [0.717, 1.165) is 5.56 Å². The largest absolute Gasteiger partial charge is 0.486 e. The highest BCUT2D eigenvalue weighted by molar-refractivity contribution is 7.92. The standard InChI is InChI=1S/C23H19ClN2O6S/c24-15-1-7-19-14(11-15)12-22(32-19)23(27)25-16-2-4-17(5-3-16)26-33(28,29)18-6-8-20-21(13-18)31-10-9-30-20/h1-8,11,13,22,26H,9-10,12H2,(H,25,27)/t22-/m1/s1. The topological polar surface area (TPSA) is 103 Å². The summed E-state index contributed by atoms with van der Waals surface area (Å²) in [7, 11) is -3.83. The van der Waals surface area contributed by atoms with Crippen molar-refractivity contribution < 1.29 is 27.4 Å². The molecule has 3 aromatic rings. The van der Waals surface area contributed by atoms with Crippen LogP contribution in [0.4, 0.5) is 11.4 Å². The molecule has 1 amide bonds. The van der Waals surface area contributed by atoms with Crippen molar-refractivity contribution in [3.8, 4) is 17.2 Å². The van der Waals surface area contributed by atoms with E-state index in [1.54, 1.807) is 48.5 Å². The Morgan fingerprint density at radius 1 is 0.879 bits per heavy atom. The monoisotopic (exact) mass is 486 g/mol. The minimum atomic E-state index is -3.83. The van der Waals surface area contributed by atoms with Gasteiger partial charge in [0, 0.05) is 28.9 Å². The molecule has 0 bridgehead atoms. The SMILES string of the molecule is O=C(Nc1ccc(NS(=O)(=O)c2ccc3c(c2)OCCO3)cc1)[C@H]1Cc2cc(Cl)ccc2O1. The molecule has 0 aromatic heterocycles. The molecule has 0 saturated carbocycles. The lowest BCUT2D eigenvalue weighted by atomic mass is 10.1. The van der Waals surface area contributed by atoms with Gasteiger partial charge in [0.05, 0.1) is 4.90 Å². The molecule has 2 heterocycles. The third kappa shape index (κ3) is 4.55. The molecule has 1 atom stereocenters. The molecule has 2 aliphatic rings. The normalized spacial score (nSPS) is 16.5. The van der Waals surface area contributed by atoms with Crippen molar-refractivity contribution in [3.63, 3.8) is 0 Å². The van der Waals surface area contributed by atoms with E-state index in [-0.39, 0.29) is 10.8 Å². The van der Waals surface area contributed by atoms with Crippen LogP contribution < -0.4 is 24.2 Å². The van der Waals surface area contributed by atoms with Crippen LogP contribution in [0, 0.1) is 0 Å². The first kappa shape index (κ1) is 21.4. The number of halogens is 1. The summed E-state index contributed by atoms with van der Waals surface area (Å²) in [5, 5.41) is 3.38.